The molecule has 1 saturated carbocycles. The highest BCUT2D eigenvalue weighted by Crippen LogP contribution is 2.39. The molecule has 2 heterocycles. The Balaban J connectivity index is 1.70. The molecule has 18 heavy (non-hydrogen) atoms. The lowest BCUT2D eigenvalue weighted by Crippen LogP contribution is -2.41. The van der Waals surface area contributed by atoms with Gasteiger partial charge >= 0.3 is 0 Å². The molecule has 100 valence electrons. The fourth-order valence-corrected chi connectivity index (χ4v) is 3.40. The van der Waals surface area contributed by atoms with E-state index < -0.39 is 0 Å². The van der Waals surface area contributed by atoms with Crippen molar-refractivity contribution in [3.8, 4) is 0 Å². The first kappa shape index (κ1) is 12.4. The standard InChI is InChI=1S/C13H22N4S/c1-9(2)17(8-11-4-3-7-14-11)13-15-12(16-18-13)10-5-6-10/h9-11,14H,3-8H2,1-2H3. The maximum absolute atomic E-state index is 4.74. The molecule has 2 fully saturated rings. The van der Waals surface area contributed by atoms with Crippen LogP contribution < -0.4 is 10.2 Å². The van der Waals surface area contributed by atoms with E-state index in [1.165, 1.54) is 32.2 Å². The number of rotatable bonds is 5. The van der Waals surface area contributed by atoms with Crippen LogP contribution in [0.5, 0.6) is 0 Å². The Bertz CT molecular complexity index is 393. The molecule has 1 aromatic rings. The van der Waals surface area contributed by atoms with E-state index in [0.29, 0.717) is 18.0 Å². The number of anilines is 1. The van der Waals surface area contributed by atoms with Gasteiger partial charge in [-0.25, -0.2) is 4.98 Å². The molecule has 1 N–H and O–H groups in total. The Hall–Kier alpha value is -0.680. The van der Waals surface area contributed by atoms with Crippen molar-refractivity contribution < 1.29 is 0 Å². The van der Waals surface area contributed by atoms with Gasteiger partial charge in [0, 0.05) is 36.1 Å². The largest absolute Gasteiger partial charge is 0.343 e. The summed E-state index contributed by atoms with van der Waals surface area (Å²) >= 11 is 1.57. The molecule has 4 nitrogen and oxygen atoms in total. The van der Waals surface area contributed by atoms with E-state index in [-0.39, 0.29) is 0 Å². The van der Waals surface area contributed by atoms with Crippen LogP contribution in [0.15, 0.2) is 0 Å². The van der Waals surface area contributed by atoms with Crippen LogP contribution in [0.4, 0.5) is 5.13 Å². The molecule has 1 saturated heterocycles. The summed E-state index contributed by atoms with van der Waals surface area (Å²) in [6.07, 6.45) is 5.15. The molecule has 5 heteroatoms. The molecule has 1 aliphatic heterocycles. The molecule has 0 amide bonds. The van der Waals surface area contributed by atoms with Crippen molar-refractivity contribution in [1.82, 2.24) is 14.7 Å². The van der Waals surface area contributed by atoms with Crippen molar-refractivity contribution in [2.75, 3.05) is 18.0 Å². The molecule has 3 rings (SSSR count). The molecular weight excluding hydrogens is 244 g/mol. The molecule has 0 radical (unpaired) electrons. The molecule has 1 atom stereocenters. The SMILES string of the molecule is CC(C)N(CC1CCCN1)c1nc(C2CC2)ns1. The third-order valence-electron chi connectivity index (χ3n) is 3.82. The van der Waals surface area contributed by atoms with Gasteiger partial charge in [-0.2, -0.15) is 4.37 Å². The van der Waals surface area contributed by atoms with Crippen molar-refractivity contribution in [2.24, 2.45) is 0 Å². The van der Waals surface area contributed by atoms with E-state index in [1.807, 2.05) is 0 Å². The topological polar surface area (TPSA) is 41.0 Å². The van der Waals surface area contributed by atoms with Crippen LogP contribution in [0, 0.1) is 0 Å². The molecule has 1 unspecified atom stereocenters. The second-order valence-corrected chi connectivity index (χ2v) is 6.48. The summed E-state index contributed by atoms with van der Waals surface area (Å²) in [5.74, 6) is 1.74. The van der Waals surface area contributed by atoms with Crippen LogP contribution in [0.1, 0.15) is 51.3 Å². The lowest BCUT2D eigenvalue weighted by atomic mass is 10.2. The van der Waals surface area contributed by atoms with Crippen LogP contribution >= 0.6 is 11.5 Å². The van der Waals surface area contributed by atoms with Crippen molar-refractivity contribution >= 4 is 16.7 Å². The Kier molecular flexibility index (Phi) is 3.52. The Morgan fingerprint density at radius 3 is 2.83 bits per heavy atom. The van der Waals surface area contributed by atoms with Crippen molar-refractivity contribution in [3.05, 3.63) is 5.82 Å². The second kappa shape index (κ2) is 5.13. The van der Waals surface area contributed by atoms with E-state index in [1.54, 1.807) is 11.5 Å². The van der Waals surface area contributed by atoms with Gasteiger partial charge in [-0.05, 0) is 46.1 Å². The van der Waals surface area contributed by atoms with E-state index >= 15 is 0 Å². The molecule has 2 aliphatic rings. The predicted octanol–water partition coefficient (Wildman–Crippen LogP) is 2.38. The number of nitrogens with one attached hydrogen (secondary N) is 1. The molecule has 1 aliphatic carbocycles. The lowest BCUT2D eigenvalue weighted by Gasteiger charge is -2.28. The monoisotopic (exact) mass is 266 g/mol. The first-order chi connectivity index (χ1) is 8.74. The molecule has 0 spiro atoms. The normalized spacial score (nSPS) is 23.8. The van der Waals surface area contributed by atoms with Crippen LogP contribution in [-0.2, 0) is 0 Å². The highest BCUT2D eigenvalue weighted by atomic mass is 32.1. The first-order valence-electron chi connectivity index (χ1n) is 7.07. The van der Waals surface area contributed by atoms with Crippen LogP contribution in [0.2, 0.25) is 0 Å². The zero-order chi connectivity index (χ0) is 12.5. The summed E-state index contributed by atoms with van der Waals surface area (Å²) in [5.41, 5.74) is 0. The Labute approximate surface area is 113 Å². The molecule has 0 bridgehead atoms. The third kappa shape index (κ3) is 2.67. The van der Waals surface area contributed by atoms with Crippen LogP contribution in [-0.4, -0.2) is 34.5 Å². The maximum atomic E-state index is 4.74. The van der Waals surface area contributed by atoms with Gasteiger partial charge in [0.25, 0.3) is 0 Å². The van der Waals surface area contributed by atoms with Gasteiger partial charge in [-0.15, -0.1) is 0 Å². The van der Waals surface area contributed by atoms with Gasteiger partial charge in [-0.1, -0.05) is 0 Å². The van der Waals surface area contributed by atoms with Gasteiger partial charge in [0.15, 0.2) is 0 Å². The zero-order valence-electron chi connectivity index (χ0n) is 11.2. The molecule has 0 aromatic carbocycles. The van der Waals surface area contributed by atoms with Crippen molar-refractivity contribution in [3.63, 3.8) is 0 Å². The van der Waals surface area contributed by atoms with Gasteiger partial charge in [0.1, 0.15) is 5.82 Å². The third-order valence-corrected chi connectivity index (χ3v) is 4.59. The van der Waals surface area contributed by atoms with Gasteiger partial charge in [-0.3, -0.25) is 0 Å². The quantitative estimate of drug-likeness (QED) is 0.888. The Morgan fingerprint density at radius 2 is 2.22 bits per heavy atom. The minimum atomic E-state index is 0.493. The number of hydrogen-bond donors (Lipinski definition) is 1. The van der Waals surface area contributed by atoms with Crippen molar-refractivity contribution in [2.45, 2.75) is 57.5 Å². The summed E-state index contributed by atoms with van der Waals surface area (Å²) < 4.78 is 4.52. The van der Waals surface area contributed by atoms with Crippen LogP contribution in [0.25, 0.3) is 0 Å². The number of hydrogen-bond acceptors (Lipinski definition) is 5. The van der Waals surface area contributed by atoms with Gasteiger partial charge in [0.05, 0.1) is 0 Å². The molecule has 1 aromatic heterocycles. The zero-order valence-corrected chi connectivity index (χ0v) is 12.0. The highest BCUT2D eigenvalue weighted by Gasteiger charge is 2.29. The lowest BCUT2D eigenvalue weighted by molar-refractivity contribution is 0.551. The summed E-state index contributed by atoms with van der Waals surface area (Å²) in [6.45, 7) is 6.72. The average Bonchev–Trinajstić information content (AvgIpc) is 2.89. The van der Waals surface area contributed by atoms with Crippen molar-refractivity contribution in [1.29, 1.82) is 0 Å². The minimum Gasteiger partial charge on any atom is -0.343 e. The number of aromatic nitrogens is 2. The molecular formula is C13H22N4S. The van der Waals surface area contributed by atoms with E-state index in [4.69, 9.17) is 4.98 Å². The fourth-order valence-electron chi connectivity index (χ4n) is 2.51. The van der Waals surface area contributed by atoms with Gasteiger partial charge in [0.2, 0.25) is 5.13 Å². The second-order valence-electron chi connectivity index (χ2n) is 5.75. The summed E-state index contributed by atoms with van der Waals surface area (Å²) in [4.78, 5) is 7.15. The van der Waals surface area contributed by atoms with E-state index in [2.05, 4.69) is 28.4 Å². The van der Waals surface area contributed by atoms with Crippen LogP contribution in [0.3, 0.4) is 0 Å². The van der Waals surface area contributed by atoms with E-state index in [9.17, 15) is 0 Å². The highest BCUT2D eigenvalue weighted by molar-refractivity contribution is 7.09. The maximum Gasteiger partial charge on any atom is 0.205 e. The summed E-state index contributed by atoms with van der Waals surface area (Å²) in [7, 11) is 0. The average molecular weight is 266 g/mol. The Morgan fingerprint density at radius 1 is 1.39 bits per heavy atom. The number of nitrogens with zero attached hydrogens (tertiary/aromatic N) is 3. The van der Waals surface area contributed by atoms with Gasteiger partial charge < -0.3 is 10.2 Å². The summed E-state index contributed by atoms with van der Waals surface area (Å²) in [6, 6.07) is 1.12. The fraction of sp³-hybridized carbons (Fsp3) is 0.846. The summed E-state index contributed by atoms with van der Waals surface area (Å²) in [5, 5.41) is 4.68. The predicted molar refractivity (Wildman–Crippen MR) is 75.4 cm³/mol. The minimum absolute atomic E-state index is 0.493. The van der Waals surface area contributed by atoms with E-state index in [0.717, 1.165) is 17.5 Å². The first-order valence-corrected chi connectivity index (χ1v) is 7.85. The smallest absolute Gasteiger partial charge is 0.205 e.